The molecule has 1 heteroatoms. The molecule has 0 radical (unpaired) electrons. The summed E-state index contributed by atoms with van der Waals surface area (Å²) in [5.41, 5.74) is 2.72. The Morgan fingerprint density at radius 3 is 2.10 bits per heavy atom. The van der Waals surface area contributed by atoms with Crippen molar-refractivity contribution in [1.82, 2.24) is 0 Å². The highest BCUT2D eigenvalue weighted by Gasteiger charge is 2.36. The van der Waals surface area contributed by atoms with E-state index in [1.54, 1.807) is 0 Å². The van der Waals surface area contributed by atoms with E-state index in [-0.39, 0.29) is 11.8 Å². The van der Waals surface area contributed by atoms with Crippen LogP contribution in [0.5, 0.6) is 0 Å². The fraction of sp³-hybridized carbons (Fsp3) is 0.632. The molecule has 1 aromatic carbocycles. The summed E-state index contributed by atoms with van der Waals surface area (Å²) in [6.45, 7) is 4.36. The minimum Gasteiger partial charge on any atom is -0.299 e. The molecule has 108 valence electrons. The van der Waals surface area contributed by atoms with Gasteiger partial charge in [-0.1, -0.05) is 44.5 Å². The molecule has 2 atom stereocenters. The zero-order valence-corrected chi connectivity index (χ0v) is 12.8. The molecule has 2 fully saturated rings. The van der Waals surface area contributed by atoms with Gasteiger partial charge in [-0.05, 0) is 55.1 Å². The van der Waals surface area contributed by atoms with Crippen molar-refractivity contribution < 1.29 is 4.79 Å². The predicted octanol–water partition coefficient (Wildman–Crippen LogP) is 5.06. The van der Waals surface area contributed by atoms with Crippen LogP contribution < -0.4 is 0 Å². The molecule has 3 rings (SSSR count). The molecule has 0 N–H and O–H groups in total. The average Bonchev–Trinajstić information content (AvgIpc) is 2.52. The third-order valence-electron chi connectivity index (χ3n) is 5.65. The van der Waals surface area contributed by atoms with Crippen molar-refractivity contribution in [3.8, 4) is 0 Å². The van der Waals surface area contributed by atoms with Crippen LogP contribution in [-0.4, -0.2) is 5.78 Å². The maximum Gasteiger partial charge on any atom is 0.143 e. The first-order valence-electron chi connectivity index (χ1n) is 8.32. The van der Waals surface area contributed by atoms with Crippen molar-refractivity contribution in [2.45, 2.75) is 64.2 Å². The lowest BCUT2D eigenvalue weighted by atomic mass is 9.70. The van der Waals surface area contributed by atoms with Gasteiger partial charge in [-0.3, -0.25) is 4.79 Å². The van der Waals surface area contributed by atoms with E-state index >= 15 is 0 Å². The monoisotopic (exact) mass is 270 g/mol. The lowest BCUT2D eigenvalue weighted by Gasteiger charge is -2.32. The molecule has 0 bridgehead atoms. The SMILES string of the molecule is CCC1CCC(c2ccc(C3CC(C)C3=O)cc2)CC1. The van der Waals surface area contributed by atoms with Crippen LogP contribution in [0, 0.1) is 11.8 Å². The van der Waals surface area contributed by atoms with E-state index < -0.39 is 0 Å². The Morgan fingerprint density at radius 1 is 1.00 bits per heavy atom. The van der Waals surface area contributed by atoms with Gasteiger partial charge in [0.1, 0.15) is 5.78 Å². The molecule has 0 spiro atoms. The number of hydrogen-bond acceptors (Lipinski definition) is 1. The van der Waals surface area contributed by atoms with Gasteiger partial charge in [0.25, 0.3) is 0 Å². The van der Waals surface area contributed by atoms with Crippen LogP contribution >= 0.6 is 0 Å². The number of benzene rings is 1. The van der Waals surface area contributed by atoms with Gasteiger partial charge in [-0.15, -0.1) is 0 Å². The topological polar surface area (TPSA) is 17.1 Å². The summed E-state index contributed by atoms with van der Waals surface area (Å²) in [5.74, 6) is 2.61. The lowest BCUT2D eigenvalue weighted by molar-refractivity contribution is -0.130. The predicted molar refractivity (Wildman–Crippen MR) is 83.0 cm³/mol. The number of rotatable bonds is 3. The second kappa shape index (κ2) is 5.71. The van der Waals surface area contributed by atoms with Crippen molar-refractivity contribution in [2.24, 2.45) is 11.8 Å². The molecule has 2 saturated carbocycles. The Labute approximate surface area is 122 Å². The van der Waals surface area contributed by atoms with Crippen molar-refractivity contribution in [3.63, 3.8) is 0 Å². The molecule has 0 aliphatic heterocycles. The van der Waals surface area contributed by atoms with Gasteiger partial charge in [-0.25, -0.2) is 0 Å². The highest BCUT2D eigenvalue weighted by molar-refractivity contribution is 5.93. The van der Waals surface area contributed by atoms with E-state index in [1.165, 1.54) is 43.2 Å². The van der Waals surface area contributed by atoms with Crippen molar-refractivity contribution >= 4 is 5.78 Å². The molecule has 2 aliphatic carbocycles. The van der Waals surface area contributed by atoms with E-state index in [1.807, 2.05) is 6.92 Å². The number of carbonyl (C=O) groups excluding carboxylic acids is 1. The molecule has 20 heavy (non-hydrogen) atoms. The van der Waals surface area contributed by atoms with E-state index in [4.69, 9.17) is 0 Å². The lowest BCUT2D eigenvalue weighted by Crippen LogP contribution is -2.33. The van der Waals surface area contributed by atoms with Crippen LogP contribution in [0.15, 0.2) is 24.3 Å². The Bertz CT molecular complexity index is 465. The molecular weight excluding hydrogens is 244 g/mol. The van der Waals surface area contributed by atoms with Crippen LogP contribution in [-0.2, 0) is 4.79 Å². The van der Waals surface area contributed by atoms with Gasteiger partial charge in [0.2, 0.25) is 0 Å². The van der Waals surface area contributed by atoms with Crippen LogP contribution in [0.3, 0.4) is 0 Å². The number of Topliss-reactive ketones (excluding diaryl/α,β-unsaturated/α-hetero) is 1. The summed E-state index contributed by atoms with van der Waals surface area (Å²) in [5, 5.41) is 0. The van der Waals surface area contributed by atoms with Crippen molar-refractivity contribution in [1.29, 1.82) is 0 Å². The fourth-order valence-electron chi connectivity index (χ4n) is 3.97. The zero-order chi connectivity index (χ0) is 14.1. The highest BCUT2D eigenvalue weighted by atomic mass is 16.1. The van der Waals surface area contributed by atoms with Crippen molar-refractivity contribution in [2.75, 3.05) is 0 Å². The highest BCUT2D eigenvalue weighted by Crippen LogP contribution is 2.40. The Morgan fingerprint density at radius 2 is 1.60 bits per heavy atom. The molecule has 2 aliphatic rings. The Balaban J connectivity index is 1.63. The average molecular weight is 270 g/mol. The maximum atomic E-state index is 11.8. The molecule has 1 nitrogen and oxygen atoms in total. The first kappa shape index (κ1) is 13.9. The largest absolute Gasteiger partial charge is 0.299 e. The third-order valence-corrected chi connectivity index (χ3v) is 5.65. The van der Waals surface area contributed by atoms with Crippen LogP contribution in [0.4, 0.5) is 0 Å². The summed E-state index contributed by atoms with van der Waals surface area (Å²) in [6, 6.07) is 8.97. The molecule has 0 heterocycles. The normalized spacial score (nSPS) is 33.8. The summed E-state index contributed by atoms with van der Waals surface area (Å²) in [7, 11) is 0. The van der Waals surface area contributed by atoms with Crippen LogP contribution in [0.25, 0.3) is 0 Å². The maximum absolute atomic E-state index is 11.8. The molecule has 0 saturated heterocycles. The quantitative estimate of drug-likeness (QED) is 0.750. The molecular formula is C19H26O. The zero-order valence-electron chi connectivity index (χ0n) is 12.8. The minimum atomic E-state index is 0.190. The second-order valence-corrected chi connectivity index (χ2v) is 6.88. The summed E-state index contributed by atoms with van der Waals surface area (Å²) >= 11 is 0. The van der Waals surface area contributed by atoms with Gasteiger partial charge in [0.05, 0.1) is 0 Å². The van der Waals surface area contributed by atoms with Crippen molar-refractivity contribution in [3.05, 3.63) is 35.4 Å². The first-order valence-corrected chi connectivity index (χ1v) is 8.32. The number of carbonyl (C=O) groups is 1. The Kier molecular flexibility index (Phi) is 3.96. The van der Waals surface area contributed by atoms with Crippen LogP contribution in [0.2, 0.25) is 0 Å². The Hall–Kier alpha value is -1.11. The molecule has 0 aromatic heterocycles. The first-order chi connectivity index (χ1) is 9.69. The number of hydrogen-bond donors (Lipinski definition) is 0. The second-order valence-electron chi connectivity index (χ2n) is 6.88. The van der Waals surface area contributed by atoms with Gasteiger partial charge in [0.15, 0.2) is 0 Å². The van der Waals surface area contributed by atoms with E-state index in [0.29, 0.717) is 5.78 Å². The van der Waals surface area contributed by atoms with E-state index in [0.717, 1.165) is 18.3 Å². The molecule has 2 unspecified atom stereocenters. The van der Waals surface area contributed by atoms with Gasteiger partial charge in [-0.2, -0.15) is 0 Å². The van der Waals surface area contributed by atoms with E-state index in [2.05, 4.69) is 31.2 Å². The summed E-state index contributed by atoms with van der Waals surface area (Å²) < 4.78 is 0. The summed E-state index contributed by atoms with van der Waals surface area (Å²) in [6.07, 6.45) is 7.85. The number of ketones is 1. The standard InChI is InChI=1S/C19H26O/c1-3-14-4-6-15(7-5-14)16-8-10-17(11-9-16)18-12-13(2)19(18)20/h8-11,13-15,18H,3-7,12H2,1-2H3. The smallest absolute Gasteiger partial charge is 0.143 e. The minimum absolute atomic E-state index is 0.190. The third kappa shape index (κ3) is 2.55. The summed E-state index contributed by atoms with van der Waals surface area (Å²) in [4.78, 5) is 11.8. The van der Waals surface area contributed by atoms with Crippen LogP contribution in [0.1, 0.15) is 75.3 Å². The molecule has 0 amide bonds. The van der Waals surface area contributed by atoms with Gasteiger partial charge >= 0.3 is 0 Å². The van der Waals surface area contributed by atoms with E-state index in [9.17, 15) is 4.79 Å². The van der Waals surface area contributed by atoms with Gasteiger partial charge < -0.3 is 0 Å². The fourth-order valence-corrected chi connectivity index (χ4v) is 3.97. The van der Waals surface area contributed by atoms with Gasteiger partial charge in [0, 0.05) is 11.8 Å². The molecule has 1 aromatic rings.